The Morgan fingerprint density at radius 2 is 2.00 bits per heavy atom. The number of allylic oxidation sites excluding steroid dienone is 4. The van der Waals surface area contributed by atoms with Crippen LogP contribution in [0.1, 0.15) is 13.3 Å². The molecule has 3 heteroatoms. The van der Waals surface area contributed by atoms with Crippen LogP contribution in [0.3, 0.4) is 0 Å². The fourth-order valence-corrected chi connectivity index (χ4v) is 0.935. The predicted octanol–water partition coefficient (Wildman–Crippen LogP) is -4.22. The van der Waals surface area contributed by atoms with Crippen molar-refractivity contribution in [1.29, 1.82) is 0 Å². The fraction of sp³-hybridized carbons (Fsp3) is 0.333. The standard InChI is InChI=1S/C6H7.2HI.Ru/c1-6-4-2-3-5-6;;;/h2,4H,3H2,1H3;2*1H;/q;;;+2/p-2. The summed E-state index contributed by atoms with van der Waals surface area (Å²) in [5, 5.41) is 0. The summed E-state index contributed by atoms with van der Waals surface area (Å²) >= 11 is 2.64. The second kappa shape index (κ2) is 6.28. The van der Waals surface area contributed by atoms with Gasteiger partial charge in [0.15, 0.2) is 0 Å². The van der Waals surface area contributed by atoms with E-state index in [1.165, 1.54) is 9.74 Å². The first-order chi connectivity index (χ1) is 3.30. The van der Waals surface area contributed by atoms with E-state index in [-0.39, 0.29) is 48.0 Å². The van der Waals surface area contributed by atoms with Crippen molar-refractivity contribution in [1.82, 2.24) is 0 Å². The summed E-state index contributed by atoms with van der Waals surface area (Å²) in [5.41, 5.74) is 1.41. The maximum absolute atomic E-state index is 2.64. The van der Waals surface area contributed by atoms with Crippen LogP contribution in [-0.2, 0) is 18.3 Å². The first kappa shape index (κ1) is 13.2. The van der Waals surface area contributed by atoms with Crippen LogP contribution in [0.4, 0.5) is 0 Å². The topological polar surface area (TPSA) is 0 Å². The average Bonchev–Trinajstić information content (AvgIpc) is 1.91. The molecule has 0 unspecified atom stereocenters. The zero-order valence-corrected chi connectivity index (χ0v) is 11.0. The predicted molar refractivity (Wildman–Crippen MR) is 26.5 cm³/mol. The Hall–Kier alpha value is 1.56. The van der Waals surface area contributed by atoms with E-state index in [0.29, 0.717) is 0 Å². The molecule has 0 aromatic rings. The summed E-state index contributed by atoms with van der Waals surface area (Å²) in [6.45, 7) is 2.13. The minimum absolute atomic E-state index is 0. The van der Waals surface area contributed by atoms with Crippen molar-refractivity contribution in [3.63, 3.8) is 0 Å². The monoisotopic (exact) mass is 435 g/mol. The number of halogens is 2. The van der Waals surface area contributed by atoms with Gasteiger partial charge in [0, 0.05) is 0 Å². The number of hydrogen-bond donors (Lipinski definition) is 0. The van der Waals surface area contributed by atoms with Crippen LogP contribution >= 0.6 is 0 Å². The Kier molecular flexibility index (Phi) is 9.20. The zero-order chi connectivity index (χ0) is 5.28. The van der Waals surface area contributed by atoms with Gasteiger partial charge in [0.05, 0.1) is 0 Å². The molecule has 0 spiro atoms. The van der Waals surface area contributed by atoms with Crippen molar-refractivity contribution < 1.29 is 66.3 Å². The van der Waals surface area contributed by atoms with Crippen molar-refractivity contribution in [3.8, 4) is 0 Å². The van der Waals surface area contributed by atoms with E-state index >= 15 is 0 Å². The molecule has 0 saturated carbocycles. The molecule has 0 atom stereocenters. The Labute approximate surface area is 100 Å². The smallest absolute Gasteiger partial charge is 1.00 e. The molecule has 1 aliphatic rings. The third kappa shape index (κ3) is 4.09. The first-order valence-electron chi connectivity index (χ1n) is 2.31. The molecule has 0 nitrogen and oxygen atoms in total. The van der Waals surface area contributed by atoms with Crippen molar-refractivity contribution in [2.24, 2.45) is 0 Å². The molecule has 0 fully saturated rings. The Morgan fingerprint density at radius 3 is 2.11 bits per heavy atom. The molecule has 1 aliphatic carbocycles. The summed E-state index contributed by atoms with van der Waals surface area (Å²) in [4.78, 5) is 0. The molecular formula is C6H7I2Ru. The molecule has 9 heavy (non-hydrogen) atoms. The van der Waals surface area contributed by atoms with Gasteiger partial charge in [-0.2, -0.15) is 0 Å². The minimum Gasteiger partial charge on any atom is -1.00 e. The van der Waals surface area contributed by atoms with Gasteiger partial charge in [0.2, 0.25) is 0 Å². The van der Waals surface area contributed by atoms with Crippen LogP contribution in [0.25, 0.3) is 0 Å². The van der Waals surface area contributed by atoms with E-state index in [1.54, 1.807) is 0 Å². The minimum atomic E-state index is 0. The maximum atomic E-state index is 2.64. The van der Waals surface area contributed by atoms with Crippen LogP contribution in [-0.4, -0.2) is 0 Å². The Morgan fingerprint density at radius 1 is 1.44 bits per heavy atom. The van der Waals surface area contributed by atoms with E-state index in [9.17, 15) is 0 Å². The molecule has 0 aromatic heterocycles. The Balaban J connectivity index is 0. The van der Waals surface area contributed by atoms with E-state index < -0.39 is 0 Å². The van der Waals surface area contributed by atoms with Crippen molar-refractivity contribution in [2.45, 2.75) is 13.3 Å². The maximum Gasteiger partial charge on any atom is -1.00 e. The molecule has 53 valence electrons. The summed E-state index contributed by atoms with van der Waals surface area (Å²) in [5.74, 6) is 0. The normalized spacial score (nSPS) is 14.8. The van der Waals surface area contributed by atoms with Gasteiger partial charge >= 0.3 is 53.5 Å². The summed E-state index contributed by atoms with van der Waals surface area (Å²) in [6.07, 6.45) is 5.48. The van der Waals surface area contributed by atoms with Crippen molar-refractivity contribution in [3.05, 3.63) is 21.9 Å². The third-order valence-electron chi connectivity index (χ3n) is 1.08. The van der Waals surface area contributed by atoms with Gasteiger partial charge in [-0.1, -0.05) is 0 Å². The van der Waals surface area contributed by atoms with Gasteiger partial charge in [-0.25, -0.2) is 0 Å². The van der Waals surface area contributed by atoms with Crippen molar-refractivity contribution in [2.75, 3.05) is 0 Å². The Bertz CT molecular complexity index is 138. The first-order valence-corrected chi connectivity index (χ1v) is 3.18. The molecule has 0 bridgehead atoms. The second-order valence-corrected chi connectivity index (χ2v) is 2.73. The van der Waals surface area contributed by atoms with Crippen LogP contribution in [0.2, 0.25) is 0 Å². The average molecular weight is 434 g/mol. The molecular weight excluding hydrogens is 427 g/mol. The van der Waals surface area contributed by atoms with E-state index in [4.69, 9.17) is 0 Å². The number of rotatable bonds is 0. The SMILES string of the molecule is CC1=[C]([Ru+2])CC=C1.[I-].[I-]. The van der Waals surface area contributed by atoms with Crippen molar-refractivity contribution >= 4 is 0 Å². The summed E-state index contributed by atoms with van der Waals surface area (Å²) in [6, 6.07) is 0. The molecule has 0 heterocycles. The molecule has 0 N–H and O–H groups in total. The fourth-order valence-electron chi connectivity index (χ4n) is 0.586. The van der Waals surface area contributed by atoms with Gasteiger partial charge in [-0.15, -0.1) is 0 Å². The molecule has 1 rings (SSSR count). The molecule has 0 aliphatic heterocycles. The summed E-state index contributed by atoms with van der Waals surface area (Å²) in [7, 11) is 0. The van der Waals surface area contributed by atoms with Gasteiger partial charge in [0.1, 0.15) is 0 Å². The van der Waals surface area contributed by atoms with Gasteiger partial charge in [-0.3, -0.25) is 0 Å². The van der Waals surface area contributed by atoms with E-state index in [1.807, 2.05) is 0 Å². The van der Waals surface area contributed by atoms with E-state index in [0.717, 1.165) is 6.42 Å². The van der Waals surface area contributed by atoms with Gasteiger partial charge < -0.3 is 48.0 Å². The van der Waals surface area contributed by atoms with Crippen LogP contribution in [0.15, 0.2) is 21.9 Å². The van der Waals surface area contributed by atoms with Crippen LogP contribution < -0.4 is 48.0 Å². The summed E-state index contributed by atoms with van der Waals surface area (Å²) < 4.78 is 1.44. The van der Waals surface area contributed by atoms with Gasteiger partial charge in [-0.05, 0) is 0 Å². The van der Waals surface area contributed by atoms with E-state index in [2.05, 4.69) is 37.4 Å². The molecule has 0 saturated heterocycles. The third-order valence-corrected chi connectivity index (χ3v) is 2.12. The quantitative estimate of drug-likeness (QED) is 0.268. The molecule has 0 amide bonds. The largest absolute Gasteiger partial charge is 1.00 e. The van der Waals surface area contributed by atoms with Crippen LogP contribution in [0, 0.1) is 0 Å². The second-order valence-electron chi connectivity index (χ2n) is 1.68. The molecule has 0 radical (unpaired) electrons. The zero-order valence-electron chi connectivity index (χ0n) is 4.97. The number of hydrogen-bond acceptors (Lipinski definition) is 0. The van der Waals surface area contributed by atoms with Crippen LogP contribution in [0.5, 0.6) is 0 Å². The van der Waals surface area contributed by atoms with Gasteiger partial charge in [0.25, 0.3) is 0 Å². The molecule has 0 aromatic carbocycles.